The zero-order valence-corrected chi connectivity index (χ0v) is 12.1. The maximum Gasteiger partial charge on any atom is 0.0407 e. The van der Waals surface area contributed by atoms with Gasteiger partial charge in [-0.05, 0) is 35.9 Å². The lowest BCUT2D eigenvalue weighted by atomic mass is 10.2. The van der Waals surface area contributed by atoms with Crippen LogP contribution < -0.4 is 4.90 Å². The van der Waals surface area contributed by atoms with Gasteiger partial charge in [-0.2, -0.15) is 0 Å². The molecule has 1 aromatic heterocycles. The van der Waals surface area contributed by atoms with Crippen molar-refractivity contribution < 1.29 is 0 Å². The number of piperazine rings is 1. The predicted octanol–water partition coefficient (Wildman–Crippen LogP) is 3.06. The Labute approximate surface area is 124 Å². The molecule has 0 atom stereocenters. The summed E-state index contributed by atoms with van der Waals surface area (Å²) in [5.41, 5.74) is 2.54. The average molecular weight is 288 g/mol. The summed E-state index contributed by atoms with van der Waals surface area (Å²) in [6, 6.07) is 12.2. The largest absolute Gasteiger partial charge is 0.369 e. The zero-order chi connectivity index (χ0) is 13.8. The summed E-state index contributed by atoms with van der Waals surface area (Å²) >= 11 is 5.93. The molecule has 0 amide bonds. The molecule has 1 aliphatic heterocycles. The van der Waals surface area contributed by atoms with Crippen LogP contribution in [0.4, 0.5) is 5.69 Å². The molecule has 4 heteroatoms. The quantitative estimate of drug-likeness (QED) is 0.865. The molecule has 3 nitrogen and oxygen atoms in total. The lowest BCUT2D eigenvalue weighted by Crippen LogP contribution is -2.45. The molecule has 104 valence electrons. The Balaban J connectivity index is 1.55. The molecule has 0 aliphatic carbocycles. The molecular formula is C16H18ClN3. The van der Waals surface area contributed by atoms with Gasteiger partial charge in [0.05, 0.1) is 0 Å². The molecule has 20 heavy (non-hydrogen) atoms. The van der Waals surface area contributed by atoms with Crippen molar-refractivity contribution in [3.05, 3.63) is 59.4 Å². The fourth-order valence-electron chi connectivity index (χ4n) is 2.57. The molecule has 0 bridgehead atoms. The first-order chi connectivity index (χ1) is 9.81. The van der Waals surface area contributed by atoms with Crippen molar-refractivity contribution in [3.8, 4) is 0 Å². The van der Waals surface area contributed by atoms with Crippen LogP contribution in [-0.2, 0) is 6.54 Å². The number of pyridine rings is 1. The maximum absolute atomic E-state index is 5.93. The molecule has 1 aromatic carbocycles. The predicted molar refractivity (Wildman–Crippen MR) is 83.2 cm³/mol. The molecule has 2 aromatic rings. The standard InChI is InChI=1S/C16H18ClN3/c17-15-3-5-16(6-4-15)20-10-8-19(9-11-20)13-14-2-1-7-18-12-14/h1-7,12H,8-11,13H2. The Hall–Kier alpha value is -1.58. The van der Waals surface area contributed by atoms with Crippen molar-refractivity contribution in [1.29, 1.82) is 0 Å². The van der Waals surface area contributed by atoms with Crippen LogP contribution in [0.5, 0.6) is 0 Å². The third-order valence-electron chi connectivity index (χ3n) is 3.69. The van der Waals surface area contributed by atoms with Crippen LogP contribution in [0.2, 0.25) is 5.02 Å². The van der Waals surface area contributed by atoms with Gasteiger partial charge in [0.15, 0.2) is 0 Å². The van der Waals surface area contributed by atoms with Gasteiger partial charge in [0.1, 0.15) is 0 Å². The molecule has 3 rings (SSSR count). The van der Waals surface area contributed by atoms with Crippen LogP contribution in [0, 0.1) is 0 Å². The summed E-state index contributed by atoms with van der Waals surface area (Å²) < 4.78 is 0. The fourth-order valence-corrected chi connectivity index (χ4v) is 2.69. The summed E-state index contributed by atoms with van der Waals surface area (Å²) in [6.45, 7) is 5.27. The molecule has 0 radical (unpaired) electrons. The zero-order valence-electron chi connectivity index (χ0n) is 11.4. The van der Waals surface area contributed by atoms with E-state index in [1.807, 2.05) is 30.6 Å². The van der Waals surface area contributed by atoms with E-state index < -0.39 is 0 Å². The molecule has 1 fully saturated rings. The summed E-state index contributed by atoms with van der Waals surface area (Å²) in [7, 11) is 0. The Morgan fingerprint density at radius 1 is 1.00 bits per heavy atom. The number of halogens is 1. The Morgan fingerprint density at radius 2 is 1.75 bits per heavy atom. The molecule has 2 heterocycles. The van der Waals surface area contributed by atoms with Crippen molar-refractivity contribution in [1.82, 2.24) is 9.88 Å². The van der Waals surface area contributed by atoms with E-state index in [0.29, 0.717) is 0 Å². The molecule has 0 N–H and O–H groups in total. The molecule has 1 saturated heterocycles. The highest BCUT2D eigenvalue weighted by Crippen LogP contribution is 2.19. The summed E-state index contributed by atoms with van der Waals surface area (Å²) in [4.78, 5) is 9.06. The van der Waals surface area contributed by atoms with Crippen molar-refractivity contribution in [2.45, 2.75) is 6.54 Å². The van der Waals surface area contributed by atoms with Crippen LogP contribution in [0.25, 0.3) is 0 Å². The van der Waals surface area contributed by atoms with E-state index in [0.717, 1.165) is 37.7 Å². The number of aromatic nitrogens is 1. The monoisotopic (exact) mass is 287 g/mol. The first-order valence-electron chi connectivity index (χ1n) is 6.93. The molecular weight excluding hydrogens is 270 g/mol. The van der Waals surface area contributed by atoms with Crippen LogP contribution in [0.1, 0.15) is 5.56 Å². The van der Waals surface area contributed by atoms with Gasteiger partial charge < -0.3 is 4.90 Å². The van der Waals surface area contributed by atoms with E-state index in [9.17, 15) is 0 Å². The highest BCUT2D eigenvalue weighted by atomic mass is 35.5. The Bertz CT molecular complexity index is 533. The number of anilines is 1. The minimum Gasteiger partial charge on any atom is -0.369 e. The van der Waals surface area contributed by atoms with Crippen molar-refractivity contribution in [2.75, 3.05) is 31.1 Å². The van der Waals surface area contributed by atoms with Gasteiger partial charge in [-0.15, -0.1) is 0 Å². The van der Waals surface area contributed by atoms with Gasteiger partial charge in [0.25, 0.3) is 0 Å². The molecule has 0 saturated carbocycles. The van der Waals surface area contributed by atoms with E-state index in [2.05, 4.69) is 33.0 Å². The number of nitrogens with zero attached hydrogens (tertiary/aromatic N) is 3. The molecule has 0 spiro atoms. The number of hydrogen-bond donors (Lipinski definition) is 0. The first kappa shape index (κ1) is 13.4. The van der Waals surface area contributed by atoms with E-state index in [-0.39, 0.29) is 0 Å². The van der Waals surface area contributed by atoms with E-state index in [1.165, 1.54) is 11.3 Å². The fraction of sp³-hybridized carbons (Fsp3) is 0.312. The van der Waals surface area contributed by atoms with Gasteiger partial charge in [0.2, 0.25) is 0 Å². The van der Waals surface area contributed by atoms with Gasteiger partial charge in [-0.25, -0.2) is 0 Å². The smallest absolute Gasteiger partial charge is 0.0407 e. The van der Waals surface area contributed by atoms with Gasteiger partial charge >= 0.3 is 0 Å². The van der Waals surface area contributed by atoms with Crippen LogP contribution in [-0.4, -0.2) is 36.1 Å². The second-order valence-corrected chi connectivity index (χ2v) is 5.54. The number of rotatable bonds is 3. The van der Waals surface area contributed by atoms with Gasteiger partial charge in [-0.3, -0.25) is 9.88 Å². The minimum atomic E-state index is 0.795. The number of benzene rings is 1. The van der Waals surface area contributed by atoms with Crippen LogP contribution >= 0.6 is 11.6 Å². The van der Waals surface area contributed by atoms with E-state index >= 15 is 0 Å². The lowest BCUT2D eigenvalue weighted by Gasteiger charge is -2.36. The van der Waals surface area contributed by atoms with Gasteiger partial charge in [-0.1, -0.05) is 17.7 Å². The highest BCUT2D eigenvalue weighted by Gasteiger charge is 2.17. The van der Waals surface area contributed by atoms with E-state index in [4.69, 9.17) is 11.6 Å². The van der Waals surface area contributed by atoms with Crippen molar-refractivity contribution in [3.63, 3.8) is 0 Å². The highest BCUT2D eigenvalue weighted by molar-refractivity contribution is 6.30. The topological polar surface area (TPSA) is 19.4 Å². The van der Waals surface area contributed by atoms with Crippen LogP contribution in [0.3, 0.4) is 0 Å². The molecule has 1 aliphatic rings. The first-order valence-corrected chi connectivity index (χ1v) is 7.31. The molecule has 0 unspecified atom stereocenters. The second-order valence-electron chi connectivity index (χ2n) is 5.10. The van der Waals surface area contributed by atoms with Crippen molar-refractivity contribution in [2.24, 2.45) is 0 Å². The SMILES string of the molecule is Clc1ccc(N2CCN(Cc3cccnc3)CC2)cc1. The summed E-state index contributed by atoms with van der Waals surface area (Å²) in [6.07, 6.45) is 3.77. The lowest BCUT2D eigenvalue weighted by molar-refractivity contribution is 0.249. The Kier molecular flexibility index (Phi) is 4.19. The summed E-state index contributed by atoms with van der Waals surface area (Å²) in [5, 5.41) is 0.795. The van der Waals surface area contributed by atoms with Crippen molar-refractivity contribution >= 4 is 17.3 Å². The number of hydrogen-bond acceptors (Lipinski definition) is 3. The Morgan fingerprint density at radius 3 is 2.40 bits per heavy atom. The third-order valence-corrected chi connectivity index (χ3v) is 3.95. The minimum absolute atomic E-state index is 0.795. The van der Waals surface area contributed by atoms with Gasteiger partial charge in [0, 0.05) is 55.8 Å². The van der Waals surface area contributed by atoms with E-state index in [1.54, 1.807) is 0 Å². The van der Waals surface area contributed by atoms with Crippen LogP contribution in [0.15, 0.2) is 48.8 Å². The maximum atomic E-state index is 5.93. The second kappa shape index (κ2) is 6.25. The third kappa shape index (κ3) is 3.30. The normalized spacial score (nSPS) is 16.4. The summed E-state index contributed by atoms with van der Waals surface area (Å²) in [5.74, 6) is 0. The average Bonchev–Trinajstić information content (AvgIpc) is 2.50.